The van der Waals surface area contributed by atoms with Crippen LogP contribution in [0.5, 0.6) is 5.75 Å². The second kappa shape index (κ2) is 19.4. The molecule has 3 aliphatic rings. The highest BCUT2D eigenvalue weighted by molar-refractivity contribution is 6.01. The first-order valence-corrected chi connectivity index (χ1v) is 22.2. The van der Waals surface area contributed by atoms with Gasteiger partial charge in [-0.2, -0.15) is 0 Å². The van der Waals surface area contributed by atoms with E-state index in [0.717, 1.165) is 27.7 Å². The Morgan fingerprint density at radius 2 is 1.85 bits per heavy atom. The Hall–Kier alpha value is -6.39. The molecule has 2 fully saturated rings. The molecule has 0 saturated carbocycles. The van der Waals surface area contributed by atoms with Crippen molar-refractivity contribution >= 4 is 40.5 Å². The average molecular weight is 889 g/mol. The standard InChI is InChI=1S/C49H60N8O8/c1-9-41(59)55-19-15-32(26-55)46(61)54(7)43(29(3)4)45(60)52-38-22-30-20-33(23-34(58)21-30)31-13-14-40-35(24-31)36(44(56(40)10-2)42-39(27-64-8)50-16-17-51-42)25-49(5,6)28-65-48(63)37-12-11-18-57(53-37)47(38)62/h9,13-14,16-17,20-21,23-24,32,37-38,53,58H,1,10-12,15,18-19,22,25-28H2,2-8H3,(H,52,60)/t32-,37-,38-/m0/s1. The minimum absolute atomic E-state index is 0.0313. The number of hydrogen-bond donors (Lipinski definition) is 3. The van der Waals surface area contributed by atoms with Crippen molar-refractivity contribution in [3.8, 4) is 28.3 Å². The van der Waals surface area contributed by atoms with E-state index in [9.17, 15) is 29.1 Å². The van der Waals surface area contributed by atoms with Crippen LogP contribution in [-0.2, 0) is 59.4 Å². The molecular formula is C49H60N8O8. The Labute approximate surface area is 379 Å². The first kappa shape index (κ1) is 46.6. The molecule has 2 aromatic heterocycles. The van der Waals surface area contributed by atoms with Crippen LogP contribution in [0, 0.1) is 11.3 Å². The van der Waals surface area contributed by atoms with Crippen molar-refractivity contribution in [3.05, 3.63) is 89.5 Å². The SMILES string of the molecule is C=CC(=O)N1CC[C@H](C(=O)N(C)C(C(=O)N[C@H]2Cc3cc(O)cc(c3)-c3ccc4c(c3)c(c(-c3nccnc3COC)n4CC)CC(C)(C)COC(=O)[C@@H]3CCCN(N3)C2=O)=C(C)C)C1. The van der Waals surface area contributed by atoms with Crippen LogP contribution in [0.25, 0.3) is 33.4 Å². The molecule has 16 heteroatoms. The maximum atomic E-state index is 14.7. The number of likely N-dealkylation sites (tertiary alicyclic amines) is 1. The van der Waals surface area contributed by atoms with Crippen LogP contribution in [0.4, 0.5) is 0 Å². The number of aryl methyl sites for hydroxylation is 1. The molecular weight excluding hydrogens is 829 g/mol. The van der Waals surface area contributed by atoms with E-state index >= 15 is 0 Å². The predicted octanol–water partition coefficient (Wildman–Crippen LogP) is 5.07. The third kappa shape index (κ3) is 9.83. The molecule has 344 valence electrons. The first-order chi connectivity index (χ1) is 31.0. The van der Waals surface area contributed by atoms with E-state index in [2.05, 4.69) is 45.9 Å². The number of amides is 4. The van der Waals surface area contributed by atoms with Gasteiger partial charge in [-0.05, 0) is 105 Å². The molecule has 6 bridgehead atoms. The highest BCUT2D eigenvalue weighted by Crippen LogP contribution is 2.41. The summed E-state index contributed by atoms with van der Waals surface area (Å²) in [5, 5.41) is 16.5. The number of aromatic hydroxyl groups is 1. The van der Waals surface area contributed by atoms with E-state index in [1.165, 1.54) is 23.0 Å². The molecule has 65 heavy (non-hydrogen) atoms. The Kier molecular flexibility index (Phi) is 13.9. The number of likely N-dealkylation sites (N-methyl/N-ethyl adjacent to an activating group) is 1. The number of esters is 1. The van der Waals surface area contributed by atoms with Crippen molar-refractivity contribution in [3.63, 3.8) is 0 Å². The molecule has 3 aliphatic heterocycles. The van der Waals surface area contributed by atoms with Crippen molar-refractivity contribution in [2.45, 2.75) is 92.0 Å². The van der Waals surface area contributed by atoms with Gasteiger partial charge in [0, 0.05) is 75.5 Å². The van der Waals surface area contributed by atoms with Crippen LogP contribution in [0.15, 0.2) is 72.7 Å². The maximum absolute atomic E-state index is 14.7. The van der Waals surface area contributed by atoms with Crippen molar-refractivity contribution in [2.75, 3.05) is 40.4 Å². The highest BCUT2D eigenvalue weighted by Gasteiger charge is 2.38. The molecule has 2 aromatic carbocycles. The van der Waals surface area contributed by atoms with Crippen LogP contribution in [-0.4, -0.2) is 117 Å². The van der Waals surface area contributed by atoms with Gasteiger partial charge in [-0.15, -0.1) is 0 Å². The summed E-state index contributed by atoms with van der Waals surface area (Å²) in [5.74, 6) is -2.82. The number of rotatable bonds is 9. The molecule has 7 rings (SSSR count). The molecule has 0 aliphatic carbocycles. The van der Waals surface area contributed by atoms with Crippen LogP contribution in [0.2, 0.25) is 0 Å². The number of hydrazine groups is 1. The van der Waals surface area contributed by atoms with Gasteiger partial charge in [0.15, 0.2) is 0 Å². The highest BCUT2D eigenvalue weighted by atomic mass is 16.5. The number of nitrogens with one attached hydrogen (secondary N) is 2. The summed E-state index contributed by atoms with van der Waals surface area (Å²) < 4.78 is 13.8. The molecule has 16 nitrogen and oxygen atoms in total. The third-order valence-corrected chi connectivity index (χ3v) is 12.5. The lowest BCUT2D eigenvalue weighted by Crippen LogP contribution is -2.60. The Morgan fingerprint density at radius 1 is 1.08 bits per heavy atom. The van der Waals surface area contributed by atoms with Crippen molar-refractivity contribution in [1.29, 1.82) is 0 Å². The number of fused-ring (bicyclic) bond motifs is 6. The minimum atomic E-state index is -1.20. The van der Waals surface area contributed by atoms with E-state index in [-0.39, 0.29) is 56.0 Å². The molecule has 3 atom stereocenters. The number of carbonyl (C=O) groups excluding carboxylic acids is 5. The summed E-state index contributed by atoms with van der Waals surface area (Å²) >= 11 is 0. The molecule has 4 amide bonds. The quantitative estimate of drug-likeness (QED) is 0.150. The van der Waals surface area contributed by atoms with Crippen molar-refractivity contribution < 1.29 is 38.6 Å². The van der Waals surface area contributed by atoms with Gasteiger partial charge in [0.1, 0.15) is 29.2 Å². The van der Waals surface area contributed by atoms with E-state index in [1.54, 1.807) is 50.4 Å². The predicted molar refractivity (Wildman–Crippen MR) is 244 cm³/mol. The number of hydrogen-bond acceptors (Lipinski definition) is 11. The van der Waals surface area contributed by atoms with Crippen LogP contribution >= 0.6 is 0 Å². The number of ether oxygens (including phenoxy) is 2. The fraction of sp³-hybridized carbons (Fsp3) is 0.449. The fourth-order valence-corrected chi connectivity index (χ4v) is 9.40. The topological polar surface area (TPSA) is 189 Å². The van der Waals surface area contributed by atoms with E-state index in [0.29, 0.717) is 66.9 Å². The number of carbonyl (C=O) groups is 5. The van der Waals surface area contributed by atoms with Gasteiger partial charge >= 0.3 is 5.97 Å². The molecule has 0 radical (unpaired) electrons. The molecule has 0 spiro atoms. The normalized spacial score (nSPS) is 19.9. The van der Waals surface area contributed by atoms with Gasteiger partial charge in [0.2, 0.25) is 11.8 Å². The molecule has 3 N–H and O–H groups in total. The third-order valence-electron chi connectivity index (χ3n) is 12.5. The summed E-state index contributed by atoms with van der Waals surface area (Å²) in [6, 6.07) is 9.23. The Balaban J connectivity index is 1.31. The van der Waals surface area contributed by atoms with Gasteiger partial charge < -0.3 is 34.3 Å². The van der Waals surface area contributed by atoms with E-state index < -0.39 is 41.2 Å². The number of allylic oxidation sites excluding steroid dienone is 1. The molecule has 2 saturated heterocycles. The van der Waals surface area contributed by atoms with Gasteiger partial charge in [-0.1, -0.05) is 32.6 Å². The largest absolute Gasteiger partial charge is 0.508 e. The molecule has 5 heterocycles. The van der Waals surface area contributed by atoms with Crippen molar-refractivity contribution in [2.24, 2.45) is 11.3 Å². The smallest absolute Gasteiger partial charge is 0.324 e. The Bertz CT molecular complexity index is 2560. The second-order valence-corrected chi connectivity index (χ2v) is 18.2. The first-order valence-electron chi connectivity index (χ1n) is 22.2. The summed E-state index contributed by atoms with van der Waals surface area (Å²) in [5.41, 5.74) is 9.42. The minimum Gasteiger partial charge on any atom is -0.508 e. The molecule has 4 aromatic rings. The zero-order chi connectivity index (χ0) is 46.7. The van der Waals surface area contributed by atoms with Crippen LogP contribution < -0.4 is 10.7 Å². The lowest BCUT2D eigenvalue weighted by Gasteiger charge is -2.36. The number of cyclic esters (lactones) is 1. The van der Waals surface area contributed by atoms with Gasteiger partial charge in [-0.3, -0.25) is 38.9 Å². The maximum Gasteiger partial charge on any atom is 0.324 e. The summed E-state index contributed by atoms with van der Waals surface area (Å²) in [4.78, 5) is 81.5. The van der Waals surface area contributed by atoms with Gasteiger partial charge in [0.25, 0.3) is 11.8 Å². The number of phenols is 1. The van der Waals surface area contributed by atoms with Crippen LogP contribution in [0.1, 0.15) is 70.7 Å². The lowest BCUT2D eigenvalue weighted by atomic mass is 9.84. The molecule has 0 unspecified atom stereocenters. The fourth-order valence-electron chi connectivity index (χ4n) is 9.40. The Morgan fingerprint density at radius 3 is 2.57 bits per heavy atom. The van der Waals surface area contributed by atoms with Crippen molar-refractivity contribution in [1.82, 2.24) is 40.1 Å². The lowest BCUT2D eigenvalue weighted by molar-refractivity contribution is -0.155. The number of phenolic OH excluding ortho intramolecular Hbond substituents is 1. The summed E-state index contributed by atoms with van der Waals surface area (Å²) in [7, 11) is 3.14. The number of benzene rings is 2. The number of nitrogens with zero attached hydrogens (tertiary/aromatic N) is 6. The van der Waals surface area contributed by atoms with Crippen LogP contribution in [0.3, 0.4) is 0 Å². The van der Waals surface area contributed by atoms with E-state index in [1.807, 2.05) is 26.0 Å². The number of methoxy groups -OCH3 is 1. The zero-order valence-corrected chi connectivity index (χ0v) is 38.4. The van der Waals surface area contributed by atoms with Gasteiger partial charge in [0.05, 0.1) is 30.5 Å². The summed E-state index contributed by atoms with van der Waals surface area (Å²) in [6.45, 7) is 15.0. The van der Waals surface area contributed by atoms with E-state index in [4.69, 9.17) is 14.5 Å². The average Bonchev–Trinajstić information content (AvgIpc) is 3.90. The van der Waals surface area contributed by atoms with Gasteiger partial charge in [-0.25, -0.2) is 5.43 Å². The zero-order valence-electron chi connectivity index (χ0n) is 38.4. The monoisotopic (exact) mass is 888 g/mol. The second-order valence-electron chi connectivity index (χ2n) is 18.2. The summed E-state index contributed by atoms with van der Waals surface area (Å²) in [6.07, 6.45) is 6.35. The number of aromatic nitrogens is 3.